The maximum Gasteiger partial charge on any atom is 0.337 e. The van der Waals surface area contributed by atoms with E-state index in [-0.39, 0.29) is 19.2 Å². The molecule has 2 aromatic rings. The van der Waals surface area contributed by atoms with Crippen molar-refractivity contribution in [1.82, 2.24) is 0 Å². The van der Waals surface area contributed by atoms with Crippen LogP contribution in [-0.2, 0) is 9.53 Å². The van der Waals surface area contributed by atoms with E-state index in [0.29, 0.717) is 22.7 Å². The van der Waals surface area contributed by atoms with Crippen molar-refractivity contribution >= 4 is 23.3 Å². The number of fused-ring (bicyclic) bond motifs is 1. The van der Waals surface area contributed by atoms with Gasteiger partial charge in [-0.25, -0.2) is 4.79 Å². The van der Waals surface area contributed by atoms with Gasteiger partial charge in [0.05, 0.1) is 19.2 Å². The van der Waals surface area contributed by atoms with Gasteiger partial charge in [0.25, 0.3) is 0 Å². The zero-order chi connectivity index (χ0) is 16.9. The number of carbonyl (C=O) groups is 2. The Labute approximate surface area is 138 Å². The highest BCUT2D eigenvalue weighted by molar-refractivity contribution is 5.94. The topological polar surface area (TPSA) is 85.9 Å². The maximum atomic E-state index is 12.0. The van der Waals surface area contributed by atoms with Crippen molar-refractivity contribution in [3.8, 4) is 11.5 Å². The molecule has 0 bridgehead atoms. The highest BCUT2D eigenvalue weighted by atomic mass is 16.7. The van der Waals surface area contributed by atoms with Crippen LogP contribution in [0.1, 0.15) is 10.4 Å². The van der Waals surface area contributed by atoms with Crippen LogP contribution in [0.5, 0.6) is 11.5 Å². The van der Waals surface area contributed by atoms with Gasteiger partial charge in [-0.1, -0.05) is 0 Å². The van der Waals surface area contributed by atoms with E-state index in [1.807, 2.05) is 0 Å². The molecule has 2 N–H and O–H groups in total. The van der Waals surface area contributed by atoms with E-state index in [2.05, 4.69) is 15.4 Å². The second-order valence-corrected chi connectivity index (χ2v) is 5.04. The predicted octanol–water partition coefficient (Wildman–Crippen LogP) is 2.25. The first-order chi connectivity index (χ1) is 11.7. The largest absolute Gasteiger partial charge is 0.465 e. The van der Waals surface area contributed by atoms with Crippen LogP contribution < -0.4 is 20.1 Å². The maximum absolute atomic E-state index is 12.0. The molecular weight excluding hydrogens is 312 g/mol. The summed E-state index contributed by atoms with van der Waals surface area (Å²) in [4.78, 5) is 23.3. The van der Waals surface area contributed by atoms with Crippen LogP contribution in [-0.4, -0.2) is 32.3 Å². The zero-order valence-corrected chi connectivity index (χ0v) is 13.0. The van der Waals surface area contributed by atoms with Crippen molar-refractivity contribution in [3.63, 3.8) is 0 Å². The molecule has 0 unspecified atom stereocenters. The molecule has 124 valence electrons. The van der Waals surface area contributed by atoms with Gasteiger partial charge in [-0.15, -0.1) is 0 Å². The first-order valence-corrected chi connectivity index (χ1v) is 7.27. The normalized spacial score (nSPS) is 11.7. The van der Waals surface area contributed by atoms with E-state index in [4.69, 9.17) is 9.47 Å². The number of benzene rings is 2. The molecule has 7 heteroatoms. The summed E-state index contributed by atoms with van der Waals surface area (Å²) < 4.78 is 15.1. The molecule has 0 spiro atoms. The number of rotatable bonds is 5. The molecule has 24 heavy (non-hydrogen) atoms. The van der Waals surface area contributed by atoms with Crippen LogP contribution in [0.4, 0.5) is 11.4 Å². The zero-order valence-electron chi connectivity index (χ0n) is 13.0. The summed E-state index contributed by atoms with van der Waals surface area (Å²) in [6.07, 6.45) is 0. The molecule has 0 aromatic heterocycles. The first-order valence-electron chi connectivity index (χ1n) is 7.27. The molecular formula is C17H16N2O5. The summed E-state index contributed by atoms with van der Waals surface area (Å²) in [6, 6.07) is 11.9. The summed E-state index contributed by atoms with van der Waals surface area (Å²) in [6.45, 7) is 0.280. The smallest absolute Gasteiger partial charge is 0.337 e. The number of esters is 1. The van der Waals surface area contributed by atoms with E-state index in [1.165, 1.54) is 7.11 Å². The van der Waals surface area contributed by atoms with E-state index in [9.17, 15) is 9.59 Å². The number of amides is 1. The van der Waals surface area contributed by atoms with Crippen molar-refractivity contribution in [2.24, 2.45) is 0 Å². The molecule has 1 heterocycles. The van der Waals surface area contributed by atoms with E-state index in [1.54, 1.807) is 42.5 Å². The van der Waals surface area contributed by atoms with Gasteiger partial charge in [0.15, 0.2) is 11.5 Å². The van der Waals surface area contributed by atoms with Gasteiger partial charge in [-0.2, -0.15) is 0 Å². The van der Waals surface area contributed by atoms with E-state index in [0.717, 1.165) is 5.69 Å². The average Bonchev–Trinajstić information content (AvgIpc) is 3.07. The third-order valence-corrected chi connectivity index (χ3v) is 3.42. The Balaban J connectivity index is 1.53. The van der Waals surface area contributed by atoms with Crippen molar-refractivity contribution in [2.75, 3.05) is 31.1 Å². The lowest BCUT2D eigenvalue weighted by Crippen LogP contribution is -2.21. The lowest BCUT2D eigenvalue weighted by Gasteiger charge is -2.09. The Hall–Kier alpha value is -3.22. The van der Waals surface area contributed by atoms with Gasteiger partial charge in [0.1, 0.15) is 0 Å². The van der Waals surface area contributed by atoms with Gasteiger partial charge in [0.2, 0.25) is 12.7 Å². The molecule has 1 aliphatic rings. The Morgan fingerprint density at radius 3 is 2.50 bits per heavy atom. The average molecular weight is 328 g/mol. The summed E-state index contributed by atoms with van der Waals surface area (Å²) in [5.74, 6) is 0.670. The molecule has 1 aliphatic heterocycles. The Bertz CT molecular complexity index is 758. The number of methoxy groups -OCH3 is 1. The van der Waals surface area contributed by atoms with Gasteiger partial charge in [-0.3, -0.25) is 4.79 Å². The Morgan fingerprint density at radius 1 is 1.04 bits per heavy atom. The van der Waals surface area contributed by atoms with E-state index < -0.39 is 5.97 Å². The molecule has 0 saturated carbocycles. The summed E-state index contributed by atoms with van der Waals surface area (Å²) >= 11 is 0. The van der Waals surface area contributed by atoms with Gasteiger partial charge in [-0.05, 0) is 36.4 Å². The molecule has 0 atom stereocenters. The molecule has 7 nitrogen and oxygen atoms in total. The Morgan fingerprint density at radius 2 is 1.75 bits per heavy atom. The predicted molar refractivity (Wildman–Crippen MR) is 87.5 cm³/mol. The van der Waals surface area contributed by atoms with Crippen molar-refractivity contribution in [1.29, 1.82) is 0 Å². The Kier molecular flexibility index (Phi) is 4.51. The van der Waals surface area contributed by atoms with E-state index >= 15 is 0 Å². The number of anilines is 2. The van der Waals surface area contributed by atoms with Crippen LogP contribution >= 0.6 is 0 Å². The van der Waals surface area contributed by atoms with Gasteiger partial charge < -0.3 is 24.8 Å². The summed E-state index contributed by atoms with van der Waals surface area (Å²) in [5, 5.41) is 5.75. The quantitative estimate of drug-likeness (QED) is 0.819. The third-order valence-electron chi connectivity index (χ3n) is 3.42. The second kappa shape index (κ2) is 6.91. The van der Waals surface area contributed by atoms with Crippen LogP contribution in [0, 0.1) is 0 Å². The number of hydrogen-bond donors (Lipinski definition) is 2. The van der Waals surface area contributed by atoms with Gasteiger partial charge >= 0.3 is 5.97 Å². The number of hydrogen-bond acceptors (Lipinski definition) is 6. The third kappa shape index (κ3) is 3.57. The lowest BCUT2D eigenvalue weighted by atomic mass is 10.2. The monoisotopic (exact) mass is 328 g/mol. The van der Waals surface area contributed by atoms with Crippen LogP contribution in [0.25, 0.3) is 0 Å². The molecule has 0 aliphatic carbocycles. The fraction of sp³-hybridized carbons (Fsp3) is 0.176. The molecule has 2 aromatic carbocycles. The van der Waals surface area contributed by atoms with Crippen LogP contribution in [0.3, 0.4) is 0 Å². The summed E-state index contributed by atoms with van der Waals surface area (Å²) in [5.41, 5.74) is 1.81. The van der Waals surface area contributed by atoms with Gasteiger partial charge in [0, 0.05) is 17.4 Å². The fourth-order valence-electron chi connectivity index (χ4n) is 2.20. The number of carbonyl (C=O) groups excluding carboxylic acids is 2. The number of nitrogens with one attached hydrogen (secondary N) is 2. The van der Waals surface area contributed by atoms with Crippen LogP contribution in [0.15, 0.2) is 42.5 Å². The highest BCUT2D eigenvalue weighted by Gasteiger charge is 2.14. The van der Waals surface area contributed by atoms with Crippen molar-refractivity contribution < 1.29 is 23.8 Å². The minimum Gasteiger partial charge on any atom is -0.465 e. The minimum absolute atomic E-state index is 0.0893. The molecule has 1 amide bonds. The first kappa shape index (κ1) is 15.7. The lowest BCUT2D eigenvalue weighted by molar-refractivity contribution is -0.114. The fourth-order valence-corrected chi connectivity index (χ4v) is 2.20. The molecule has 0 fully saturated rings. The SMILES string of the molecule is COC(=O)c1ccc(NCC(=O)Nc2ccc3c(c2)OCO3)cc1. The second-order valence-electron chi connectivity index (χ2n) is 5.04. The summed E-state index contributed by atoms with van der Waals surface area (Å²) in [7, 11) is 1.33. The highest BCUT2D eigenvalue weighted by Crippen LogP contribution is 2.34. The molecule has 0 radical (unpaired) electrons. The number of ether oxygens (including phenoxy) is 3. The van der Waals surface area contributed by atoms with Crippen molar-refractivity contribution in [2.45, 2.75) is 0 Å². The van der Waals surface area contributed by atoms with Crippen molar-refractivity contribution in [3.05, 3.63) is 48.0 Å². The molecule has 0 saturated heterocycles. The standard InChI is InChI=1S/C17H16N2O5/c1-22-17(21)11-2-4-12(5-3-11)18-9-16(20)19-13-6-7-14-15(8-13)24-10-23-14/h2-8,18H,9-10H2,1H3,(H,19,20). The minimum atomic E-state index is -0.401. The van der Waals surface area contributed by atoms with Crippen LogP contribution in [0.2, 0.25) is 0 Å². The molecule has 3 rings (SSSR count).